The zero-order valence-corrected chi connectivity index (χ0v) is 21.5. The fourth-order valence-corrected chi connectivity index (χ4v) is 5.55. The van der Waals surface area contributed by atoms with Crippen LogP contribution < -0.4 is 10.0 Å². The van der Waals surface area contributed by atoms with Crippen LogP contribution in [0.15, 0.2) is 59.5 Å². The van der Waals surface area contributed by atoms with Crippen molar-refractivity contribution < 1.29 is 22.7 Å². The molecule has 2 N–H and O–H groups in total. The van der Waals surface area contributed by atoms with E-state index in [2.05, 4.69) is 10.0 Å². The zero-order chi connectivity index (χ0) is 25.5. The van der Waals surface area contributed by atoms with Crippen LogP contribution in [0.2, 0.25) is 0 Å². The molecule has 1 saturated carbocycles. The summed E-state index contributed by atoms with van der Waals surface area (Å²) in [6.45, 7) is 3.25. The third-order valence-corrected chi connectivity index (χ3v) is 8.19. The van der Waals surface area contributed by atoms with Gasteiger partial charge in [0.2, 0.25) is 21.8 Å². The largest absolute Gasteiger partial charge is 0.376 e. The van der Waals surface area contributed by atoms with Gasteiger partial charge in [0.25, 0.3) is 0 Å². The number of ether oxygens (including phenoxy) is 1. The number of hydrogen-bond donors (Lipinski definition) is 2. The van der Waals surface area contributed by atoms with E-state index < -0.39 is 16.1 Å². The van der Waals surface area contributed by atoms with Crippen molar-refractivity contribution in [2.45, 2.75) is 75.1 Å². The summed E-state index contributed by atoms with van der Waals surface area (Å²) in [6, 6.07) is 15.7. The third-order valence-electron chi connectivity index (χ3n) is 6.65. The molecule has 2 unspecified atom stereocenters. The maximum atomic E-state index is 13.3. The molecule has 194 valence electrons. The van der Waals surface area contributed by atoms with Crippen LogP contribution in [0.4, 0.5) is 0 Å². The highest BCUT2D eigenvalue weighted by Gasteiger charge is 2.29. The number of aryl methyl sites for hydroxylation is 1. The highest BCUT2D eigenvalue weighted by atomic mass is 32.2. The van der Waals surface area contributed by atoms with Gasteiger partial charge in [-0.25, -0.2) is 13.1 Å². The second-order valence-corrected chi connectivity index (χ2v) is 11.3. The van der Waals surface area contributed by atoms with Crippen molar-refractivity contribution in [3.63, 3.8) is 0 Å². The fraction of sp³-hybridized carbons (Fsp3) is 0.481. The monoisotopic (exact) mass is 513 g/mol. The number of amides is 2. The topological polar surface area (TPSA) is 105 Å². The van der Waals surface area contributed by atoms with Gasteiger partial charge < -0.3 is 15.0 Å². The molecule has 0 radical (unpaired) electrons. The molecule has 1 heterocycles. The quantitative estimate of drug-likeness (QED) is 0.454. The Hall–Kier alpha value is -2.75. The van der Waals surface area contributed by atoms with Crippen molar-refractivity contribution in [2.75, 3.05) is 13.2 Å². The van der Waals surface area contributed by atoms with E-state index >= 15 is 0 Å². The Labute approximate surface area is 213 Å². The highest BCUT2D eigenvalue weighted by Crippen LogP contribution is 2.22. The van der Waals surface area contributed by atoms with E-state index in [9.17, 15) is 18.0 Å². The van der Waals surface area contributed by atoms with Crippen LogP contribution in [0, 0.1) is 0 Å². The summed E-state index contributed by atoms with van der Waals surface area (Å²) in [6.07, 6.45) is 4.38. The molecule has 4 rings (SSSR count). The number of benzene rings is 2. The summed E-state index contributed by atoms with van der Waals surface area (Å²) in [5, 5.41) is 2.94. The first-order chi connectivity index (χ1) is 17.3. The average molecular weight is 514 g/mol. The number of nitrogens with zero attached hydrogens (tertiary/aromatic N) is 1. The fourth-order valence-electron chi connectivity index (χ4n) is 4.25. The molecular formula is C27H35N3O5S. The van der Waals surface area contributed by atoms with Crippen molar-refractivity contribution >= 4 is 21.8 Å². The van der Waals surface area contributed by atoms with Crippen LogP contribution in [0.1, 0.15) is 50.2 Å². The second-order valence-electron chi connectivity index (χ2n) is 9.60. The van der Waals surface area contributed by atoms with Crippen molar-refractivity contribution in [2.24, 2.45) is 0 Å². The molecule has 0 spiro atoms. The number of carbonyl (C=O) groups excluding carboxylic acids is 2. The summed E-state index contributed by atoms with van der Waals surface area (Å²) in [4.78, 5) is 28.0. The minimum atomic E-state index is -3.50. The van der Waals surface area contributed by atoms with Gasteiger partial charge in [0.15, 0.2) is 0 Å². The number of hydrogen-bond acceptors (Lipinski definition) is 5. The standard InChI is InChI=1S/C27H35N3O5S/c1-20(27(32)28-18-24-8-5-17-35-24)30(19-22-6-3-2-4-7-22)26(31)16-11-21-9-14-25(15-10-21)36(33,34)29-23-12-13-23/h2-4,6-7,9-10,14-15,20,23-24,29H,5,8,11-13,16-19H2,1H3,(H,28,32). The van der Waals surface area contributed by atoms with E-state index in [4.69, 9.17) is 4.74 Å². The summed E-state index contributed by atoms with van der Waals surface area (Å²) in [5.41, 5.74) is 1.81. The van der Waals surface area contributed by atoms with Crippen LogP contribution in [0.3, 0.4) is 0 Å². The zero-order valence-electron chi connectivity index (χ0n) is 20.7. The Kier molecular flexibility index (Phi) is 8.77. The van der Waals surface area contributed by atoms with Crippen molar-refractivity contribution in [3.8, 4) is 0 Å². The molecule has 9 heteroatoms. The molecule has 2 aromatic rings. The van der Waals surface area contributed by atoms with Crippen LogP contribution in [-0.2, 0) is 37.3 Å². The molecule has 1 aliphatic carbocycles. The second kappa shape index (κ2) is 12.0. The van der Waals surface area contributed by atoms with Crippen LogP contribution in [-0.4, -0.2) is 56.5 Å². The lowest BCUT2D eigenvalue weighted by molar-refractivity contribution is -0.140. The van der Waals surface area contributed by atoms with E-state index in [-0.39, 0.29) is 35.3 Å². The van der Waals surface area contributed by atoms with Gasteiger partial charge in [-0.15, -0.1) is 0 Å². The predicted molar refractivity (Wildman–Crippen MR) is 137 cm³/mol. The van der Waals surface area contributed by atoms with Gasteiger partial charge in [0, 0.05) is 32.2 Å². The van der Waals surface area contributed by atoms with Crippen LogP contribution >= 0.6 is 0 Å². The molecule has 36 heavy (non-hydrogen) atoms. The molecule has 2 aliphatic rings. The summed E-state index contributed by atoms with van der Waals surface area (Å²) < 4.78 is 33.0. The molecule has 2 amide bonds. The van der Waals surface area contributed by atoms with E-state index in [1.165, 1.54) is 0 Å². The molecule has 0 aromatic heterocycles. The Morgan fingerprint density at radius 3 is 2.39 bits per heavy atom. The van der Waals surface area contributed by atoms with Crippen molar-refractivity contribution in [1.82, 2.24) is 14.9 Å². The lowest BCUT2D eigenvalue weighted by Gasteiger charge is -2.29. The molecular weight excluding hydrogens is 478 g/mol. The number of rotatable bonds is 12. The van der Waals surface area contributed by atoms with Gasteiger partial charge in [0.05, 0.1) is 11.0 Å². The molecule has 1 aliphatic heterocycles. The van der Waals surface area contributed by atoms with Crippen LogP contribution in [0.5, 0.6) is 0 Å². The van der Waals surface area contributed by atoms with Gasteiger partial charge in [-0.2, -0.15) is 0 Å². The minimum absolute atomic E-state index is 0.0330. The highest BCUT2D eigenvalue weighted by molar-refractivity contribution is 7.89. The van der Waals surface area contributed by atoms with Crippen LogP contribution in [0.25, 0.3) is 0 Å². The Morgan fingerprint density at radius 2 is 1.75 bits per heavy atom. The first-order valence-electron chi connectivity index (χ1n) is 12.7. The Balaban J connectivity index is 1.37. The van der Waals surface area contributed by atoms with Gasteiger partial charge in [-0.1, -0.05) is 42.5 Å². The van der Waals surface area contributed by atoms with Gasteiger partial charge in [-0.05, 0) is 62.3 Å². The van der Waals surface area contributed by atoms with Gasteiger partial charge >= 0.3 is 0 Å². The lowest BCUT2D eigenvalue weighted by Crippen LogP contribution is -2.49. The van der Waals surface area contributed by atoms with Crippen molar-refractivity contribution in [3.05, 3.63) is 65.7 Å². The molecule has 2 fully saturated rings. The van der Waals surface area contributed by atoms with Crippen molar-refractivity contribution in [1.29, 1.82) is 0 Å². The number of carbonyl (C=O) groups is 2. The van der Waals surface area contributed by atoms with Gasteiger partial charge in [-0.3, -0.25) is 9.59 Å². The Morgan fingerprint density at radius 1 is 1.03 bits per heavy atom. The SMILES string of the molecule is CC(C(=O)NCC1CCCO1)N(Cc1ccccc1)C(=O)CCc1ccc(S(=O)(=O)NC2CC2)cc1. The summed E-state index contributed by atoms with van der Waals surface area (Å²) >= 11 is 0. The summed E-state index contributed by atoms with van der Waals surface area (Å²) in [5.74, 6) is -0.335. The summed E-state index contributed by atoms with van der Waals surface area (Å²) in [7, 11) is -3.50. The number of nitrogens with one attached hydrogen (secondary N) is 2. The molecule has 8 nitrogen and oxygen atoms in total. The number of sulfonamides is 1. The maximum Gasteiger partial charge on any atom is 0.242 e. The van der Waals surface area contributed by atoms with E-state index in [0.29, 0.717) is 19.5 Å². The average Bonchev–Trinajstić information content (AvgIpc) is 3.53. The van der Waals surface area contributed by atoms with E-state index in [1.807, 2.05) is 30.3 Å². The molecule has 0 bridgehead atoms. The first kappa shape index (κ1) is 26.3. The van der Waals surface area contributed by atoms with Gasteiger partial charge in [0.1, 0.15) is 6.04 Å². The normalized spacial score (nSPS) is 18.5. The predicted octanol–water partition coefficient (Wildman–Crippen LogP) is 2.77. The molecule has 2 atom stereocenters. The van der Waals surface area contributed by atoms with E-state index in [1.54, 1.807) is 36.1 Å². The smallest absolute Gasteiger partial charge is 0.242 e. The Bertz CT molecular complexity index is 1130. The van der Waals surface area contributed by atoms with E-state index in [0.717, 1.165) is 43.4 Å². The maximum absolute atomic E-state index is 13.3. The lowest BCUT2D eigenvalue weighted by atomic mass is 10.1. The molecule has 1 saturated heterocycles. The minimum Gasteiger partial charge on any atom is -0.376 e. The first-order valence-corrected chi connectivity index (χ1v) is 14.1. The third kappa shape index (κ3) is 7.38. The molecule has 2 aromatic carbocycles.